The quantitative estimate of drug-likeness (QED) is 0.363. The molecule has 0 spiro atoms. The fourth-order valence-corrected chi connectivity index (χ4v) is 6.06. The Bertz CT molecular complexity index is 1100. The lowest BCUT2D eigenvalue weighted by Crippen LogP contribution is -2.22. The Morgan fingerprint density at radius 2 is 1.77 bits per heavy atom. The van der Waals surface area contributed by atoms with Gasteiger partial charge in [0.25, 0.3) is 0 Å². The molecule has 30 heavy (non-hydrogen) atoms. The third kappa shape index (κ3) is 4.82. The lowest BCUT2D eigenvalue weighted by molar-refractivity contribution is 0.595. The highest BCUT2D eigenvalue weighted by Gasteiger charge is 2.23. The van der Waals surface area contributed by atoms with Crippen LogP contribution in [0.5, 0.6) is 0 Å². The van der Waals surface area contributed by atoms with Gasteiger partial charge in [-0.3, -0.25) is 4.57 Å². The summed E-state index contributed by atoms with van der Waals surface area (Å²) in [5, 5.41) is 10.2. The van der Waals surface area contributed by atoms with Crippen molar-refractivity contribution in [1.82, 2.24) is 14.8 Å². The smallest absolute Gasteiger partial charge is 0.232 e. The Kier molecular flexibility index (Phi) is 6.65. The van der Waals surface area contributed by atoms with Gasteiger partial charge in [-0.2, -0.15) is 0 Å². The van der Waals surface area contributed by atoms with Gasteiger partial charge in [-0.05, 0) is 49.6 Å². The summed E-state index contributed by atoms with van der Waals surface area (Å²) < 4.78 is 27.0. The van der Waals surface area contributed by atoms with E-state index in [1.54, 1.807) is 24.3 Å². The molecule has 2 heterocycles. The Labute approximate surface area is 186 Å². The molecule has 0 aliphatic carbocycles. The van der Waals surface area contributed by atoms with Crippen molar-refractivity contribution >= 4 is 39.1 Å². The molecule has 0 unspecified atom stereocenters. The molecule has 6 nitrogen and oxygen atoms in total. The van der Waals surface area contributed by atoms with Crippen LogP contribution in [0.3, 0.4) is 0 Å². The molecule has 1 saturated heterocycles. The van der Waals surface area contributed by atoms with E-state index in [0.717, 1.165) is 42.7 Å². The van der Waals surface area contributed by atoms with Crippen molar-refractivity contribution in [3.05, 3.63) is 59.6 Å². The monoisotopic (exact) mass is 462 g/mol. The van der Waals surface area contributed by atoms with Crippen molar-refractivity contribution in [3.63, 3.8) is 0 Å². The number of anilines is 1. The number of benzene rings is 2. The first-order valence-corrected chi connectivity index (χ1v) is 12.9. The van der Waals surface area contributed by atoms with Gasteiger partial charge in [0.1, 0.15) is 0 Å². The van der Waals surface area contributed by atoms with Crippen LogP contribution < -0.4 is 4.90 Å². The second-order valence-corrected chi connectivity index (χ2v) is 10.7. The molecule has 0 bridgehead atoms. The third-order valence-electron chi connectivity index (χ3n) is 4.96. The van der Waals surface area contributed by atoms with Gasteiger partial charge >= 0.3 is 0 Å². The van der Waals surface area contributed by atoms with Gasteiger partial charge in [0.05, 0.1) is 16.3 Å². The summed E-state index contributed by atoms with van der Waals surface area (Å²) >= 11 is 7.74. The maximum absolute atomic E-state index is 12.5. The van der Waals surface area contributed by atoms with Gasteiger partial charge < -0.3 is 4.90 Å². The zero-order valence-electron chi connectivity index (χ0n) is 16.4. The Balaban J connectivity index is 1.49. The first-order valence-electron chi connectivity index (χ1n) is 9.91. The van der Waals surface area contributed by atoms with Gasteiger partial charge in [-0.1, -0.05) is 47.6 Å². The summed E-state index contributed by atoms with van der Waals surface area (Å²) in [6.45, 7) is 1.91. The molecule has 4 rings (SSSR count). The molecule has 0 N–H and O–H groups in total. The van der Waals surface area contributed by atoms with Gasteiger partial charge in [0.2, 0.25) is 5.95 Å². The first-order chi connectivity index (χ1) is 14.5. The Morgan fingerprint density at radius 3 is 2.50 bits per heavy atom. The van der Waals surface area contributed by atoms with Crippen LogP contribution in [0.4, 0.5) is 5.95 Å². The number of nitrogens with zero attached hydrogens (tertiary/aromatic N) is 4. The van der Waals surface area contributed by atoms with E-state index in [0.29, 0.717) is 22.1 Å². The Morgan fingerprint density at radius 1 is 1.00 bits per heavy atom. The predicted octanol–water partition coefficient (Wildman–Crippen LogP) is 4.48. The van der Waals surface area contributed by atoms with E-state index in [9.17, 15) is 8.42 Å². The minimum Gasteiger partial charge on any atom is -0.341 e. The molecule has 1 fully saturated rings. The summed E-state index contributed by atoms with van der Waals surface area (Å²) in [5.41, 5.74) is 0.911. The van der Waals surface area contributed by atoms with Gasteiger partial charge in [0, 0.05) is 23.9 Å². The summed E-state index contributed by atoms with van der Waals surface area (Å²) in [6.07, 6.45) is 2.81. The predicted molar refractivity (Wildman–Crippen MR) is 122 cm³/mol. The number of sulfone groups is 1. The highest BCUT2D eigenvalue weighted by molar-refractivity contribution is 7.99. The summed E-state index contributed by atoms with van der Waals surface area (Å²) in [7, 11) is -3.27. The topological polar surface area (TPSA) is 68.1 Å². The molecular formula is C21H23ClN4O2S2. The van der Waals surface area contributed by atoms with Crippen molar-refractivity contribution in [3.8, 4) is 5.69 Å². The van der Waals surface area contributed by atoms with Crippen LogP contribution in [-0.2, 0) is 9.84 Å². The van der Waals surface area contributed by atoms with Crippen LogP contribution in [0, 0.1) is 0 Å². The SMILES string of the molecule is O=S(=O)(CCCSc1nnc(N2CCCC2)n1-c1cccc(Cl)c1)c1ccccc1. The van der Waals surface area contributed by atoms with Crippen molar-refractivity contribution < 1.29 is 8.42 Å². The van der Waals surface area contributed by atoms with E-state index >= 15 is 0 Å². The number of hydrogen-bond acceptors (Lipinski definition) is 6. The summed E-state index contributed by atoms with van der Waals surface area (Å²) in [5.74, 6) is 1.55. The number of hydrogen-bond donors (Lipinski definition) is 0. The minimum atomic E-state index is -3.27. The molecule has 0 radical (unpaired) electrons. The molecule has 1 aromatic heterocycles. The molecular weight excluding hydrogens is 440 g/mol. The number of rotatable bonds is 8. The van der Waals surface area contributed by atoms with Crippen LogP contribution in [0.25, 0.3) is 5.69 Å². The molecule has 158 valence electrons. The highest BCUT2D eigenvalue weighted by atomic mass is 35.5. The standard InChI is InChI=1S/C21H23ClN4O2S2/c22-17-8-6-9-18(16-17)26-20(25-12-4-5-13-25)23-24-21(26)29-14-7-15-30(27,28)19-10-2-1-3-11-19/h1-3,6,8-11,16H,4-5,7,12-15H2. The zero-order valence-corrected chi connectivity index (χ0v) is 18.8. The van der Waals surface area contributed by atoms with Crippen molar-refractivity contribution in [2.75, 3.05) is 29.5 Å². The van der Waals surface area contributed by atoms with Gasteiger partial charge in [-0.15, -0.1) is 10.2 Å². The number of aromatic nitrogens is 3. The third-order valence-corrected chi connectivity index (χ3v) is 8.03. The van der Waals surface area contributed by atoms with Gasteiger partial charge in [-0.25, -0.2) is 8.42 Å². The van der Waals surface area contributed by atoms with E-state index in [1.165, 1.54) is 11.8 Å². The van der Waals surface area contributed by atoms with Crippen LogP contribution in [0.1, 0.15) is 19.3 Å². The highest BCUT2D eigenvalue weighted by Crippen LogP contribution is 2.30. The largest absolute Gasteiger partial charge is 0.341 e. The fourth-order valence-electron chi connectivity index (χ4n) is 3.48. The van der Waals surface area contributed by atoms with E-state index < -0.39 is 9.84 Å². The first kappa shape index (κ1) is 21.2. The van der Waals surface area contributed by atoms with Crippen LogP contribution in [-0.4, -0.2) is 47.8 Å². The zero-order chi connectivity index (χ0) is 21.0. The molecule has 9 heteroatoms. The van der Waals surface area contributed by atoms with Crippen LogP contribution in [0.2, 0.25) is 5.02 Å². The van der Waals surface area contributed by atoms with E-state index in [-0.39, 0.29) is 5.75 Å². The Hall–Kier alpha value is -2.03. The average molecular weight is 463 g/mol. The second kappa shape index (κ2) is 9.41. The molecule has 3 aromatic rings. The normalized spacial score (nSPS) is 14.4. The van der Waals surface area contributed by atoms with Crippen LogP contribution in [0.15, 0.2) is 64.6 Å². The molecule has 1 aliphatic rings. The molecule has 2 aromatic carbocycles. The maximum Gasteiger partial charge on any atom is 0.232 e. The second-order valence-electron chi connectivity index (χ2n) is 7.13. The summed E-state index contributed by atoms with van der Waals surface area (Å²) in [4.78, 5) is 2.60. The number of halogens is 1. The average Bonchev–Trinajstić information content (AvgIpc) is 3.41. The maximum atomic E-state index is 12.5. The summed E-state index contributed by atoms with van der Waals surface area (Å²) in [6, 6.07) is 16.2. The van der Waals surface area contributed by atoms with E-state index in [2.05, 4.69) is 15.1 Å². The van der Waals surface area contributed by atoms with Gasteiger partial charge in [0.15, 0.2) is 15.0 Å². The lowest BCUT2D eigenvalue weighted by Gasteiger charge is -2.18. The number of thioether (sulfide) groups is 1. The fraction of sp³-hybridized carbons (Fsp3) is 0.333. The van der Waals surface area contributed by atoms with Crippen molar-refractivity contribution in [2.45, 2.75) is 29.3 Å². The van der Waals surface area contributed by atoms with Crippen molar-refractivity contribution in [1.29, 1.82) is 0 Å². The molecule has 0 amide bonds. The molecule has 0 saturated carbocycles. The van der Waals surface area contributed by atoms with Crippen LogP contribution >= 0.6 is 23.4 Å². The van der Waals surface area contributed by atoms with E-state index in [1.807, 2.05) is 34.9 Å². The molecule has 0 atom stereocenters. The minimum absolute atomic E-state index is 0.105. The van der Waals surface area contributed by atoms with Crippen molar-refractivity contribution in [2.24, 2.45) is 0 Å². The lowest BCUT2D eigenvalue weighted by atomic mass is 10.3. The van der Waals surface area contributed by atoms with E-state index in [4.69, 9.17) is 11.6 Å². The molecule has 1 aliphatic heterocycles.